The van der Waals surface area contributed by atoms with E-state index in [-0.39, 0.29) is 17.4 Å². The van der Waals surface area contributed by atoms with Crippen LogP contribution in [0.2, 0.25) is 0 Å². The van der Waals surface area contributed by atoms with E-state index in [2.05, 4.69) is 20.3 Å². The molecule has 0 spiro atoms. The molecule has 0 radical (unpaired) electrons. The van der Waals surface area contributed by atoms with Gasteiger partial charge >= 0.3 is 6.18 Å². The first kappa shape index (κ1) is 21.7. The quantitative estimate of drug-likeness (QED) is 0.509. The Labute approximate surface area is 175 Å². The number of pyridine rings is 1. The molecule has 0 saturated heterocycles. The Morgan fingerprint density at radius 1 is 1.25 bits per heavy atom. The average Bonchev–Trinajstić information content (AvgIpc) is 3.18. The van der Waals surface area contributed by atoms with Gasteiger partial charge in [0.25, 0.3) is 6.02 Å². The molecule has 7 nitrogen and oxygen atoms in total. The highest BCUT2D eigenvalue weighted by Crippen LogP contribution is 2.40. The van der Waals surface area contributed by atoms with Crippen molar-refractivity contribution in [1.29, 1.82) is 0 Å². The maximum Gasteiger partial charge on any atom is 0.418 e. The molecule has 4 rings (SSSR count). The zero-order valence-electron chi connectivity index (χ0n) is 15.9. The fraction of sp³-hybridized carbons (Fsp3) is 0.263. The van der Waals surface area contributed by atoms with Crippen molar-refractivity contribution < 1.29 is 40.9 Å². The van der Waals surface area contributed by atoms with Gasteiger partial charge in [-0.3, -0.25) is 0 Å². The van der Waals surface area contributed by atoms with Crippen LogP contribution in [0.4, 0.5) is 32.0 Å². The highest BCUT2D eigenvalue weighted by atomic mass is 19.4. The van der Waals surface area contributed by atoms with Gasteiger partial charge < -0.3 is 24.9 Å². The van der Waals surface area contributed by atoms with Crippen molar-refractivity contribution >= 4 is 22.7 Å². The summed E-state index contributed by atoms with van der Waals surface area (Å²) in [5.74, 6) is -3.85. The molecule has 1 atom stereocenters. The SMILES string of the molecule is OCC1(F)CN=C(Nc2cc(F)c(Oc3ccnc4[nH]cc(C(F)(F)F)c34)c(F)c2)OC1. The lowest BCUT2D eigenvalue weighted by molar-refractivity contribution is -0.136. The van der Waals surface area contributed by atoms with Crippen molar-refractivity contribution in [1.82, 2.24) is 9.97 Å². The number of amidine groups is 1. The number of aromatic nitrogens is 2. The highest BCUT2D eigenvalue weighted by Gasteiger charge is 2.36. The zero-order valence-corrected chi connectivity index (χ0v) is 15.9. The van der Waals surface area contributed by atoms with E-state index in [1.165, 1.54) is 0 Å². The average molecular weight is 460 g/mol. The molecule has 170 valence electrons. The summed E-state index contributed by atoms with van der Waals surface area (Å²) in [6, 6.07) is 2.42. The summed E-state index contributed by atoms with van der Waals surface area (Å²) in [5, 5.41) is 10.9. The molecule has 1 unspecified atom stereocenters. The first-order valence-corrected chi connectivity index (χ1v) is 9.04. The number of anilines is 1. The van der Waals surface area contributed by atoms with Crippen molar-refractivity contribution in [2.75, 3.05) is 25.1 Å². The molecule has 1 aromatic carbocycles. The molecule has 0 saturated carbocycles. The first-order chi connectivity index (χ1) is 15.1. The number of aliphatic hydroxyl groups is 1. The number of ether oxygens (including phenoxy) is 2. The smallest absolute Gasteiger partial charge is 0.418 e. The van der Waals surface area contributed by atoms with Crippen LogP contribution < -0.4 is 10.1 Å². The normalized spacial score (nSPS) is 18.9. The highest BCUT2D eigenvalue weighted by molar-refractivity contribution is 5.90. The molecule has 0 amide bonds. The summed E-state index contributed by atoms with van der Waals surface area (Å²) in [4.78, 5) is 9.81. The van der Waals surface area contributed by atoms with Gasteiger partial charge in [0.15, 0.2) is 23.1 Å². The van der Waals surface area contributed by atoms with Crippen molar-refractivity contribution in [2.24, 2.45) is 4.99 Å². The molecule has 1 aliphatic heterocycles. The van der Waals surface area contributed by atoms with Crippen LogP contribution in [-0.4, -0.2) is 46.5 Å². The summed E-state index contributed by atoms with van der Waals surface area (Å²) in [5.41, 5.74) is -3.50. The lowest BCUT2D eigenvalue weighted by Crippen LogP contribution is -2.43. The number of aliphatic imine (C=N–C) groups is 1. The second-order valence-corrected chi connectivity index (χ2v) is 6.95. The summed E-state index contributed by atoms with van der Waals surface area (Å²) in [6.07, 6.45) is -2.95. The largest absolute Gasteiger partial charge is 0.461 e. The number of nitrogens with one attached hydrogen (secondary N) is 2. The Morgan fingerprint density at radius 3 is 2.56 bits per heavy atom. The van der Waals surface area contributed by atoms with Gasteiger partial charge in [0.2, 0.25) is 0 Å². The molecule has 0 bridgehead atoms. The van der Waals surface area contributed by atoms with Crippen molar-refractivity contribution in [3.63, 3.8) is 0 Å². The van der Waals surface area contributed by atoms with Gasteiger partial charge in [-0.1, -0.05) is 0 Å². The van der Waals surface area contributed by atoms with Gasteiger partial charge in [-0.2, -0.15) is 13.2 Å². The minimum absolute atomic E-state index is 0.168. The van der Waals surface area contributed by atoms with Crippen molar-refractivity contribution in [3.8, 4) is 11.5 Å². The van der Waals surface area contributed by atoms with E-state index in [1.54, 1.807) is 0 Å². The molecular weight excluding hydrogens is 446 g/mol. The number of H-pyrrole nitrogens is 1. The van der Waals surface area contributed by atoms with Gasteiger partial charge in [-0.05, 0) is 6.07 Å². The van der Waals surface area contributed by atoms with Crippen molar-refractivity contribution in [2.45, 2.75) is 11.8 Å². The number of nitrogens with zero attached hydrogens (tertiary/aromatic N) is 2. The van der Waals surface area contributed by atoms with Gasteiger partial charge in [0.1, 0.15) is 18.0 Å². The number of fused-ring (bicyclic) bond motifs is 1. The van der Waals surface area contributed by atoms with E-state index in [0.717, 1.165) is 24.4 Å². The summed E-state index contributed by atoms with van der Waals surface area (Å²) in [6.45, 7) is -1.75. The van der Waals surface area contributed by atoms with Crippen LogP contribution in [0.3, 0.4) is 0 Å². The summed E-state index contributed by atoms with van der Waals surface area (Å²) < 4.78 is 92.9. The molecular formula is C19H14F6N4O3. The lowest BCUT2D eigenvalue weighted by atomic mass is 10.1. The minimum atomic E-state index is -4.75. The van der Waals surface area contributed by atoms with E-state index in [1.807, 2.05) is 0 Å². The predicted molar refractivity (Wildman–Crippen MR) is 100 cm³/mol. The third-order valence-electron chi connectivity index (χ3n) is 4.56. The maximum absolute atomic E-state index is 14.6. The van der Waals surface area contributed by atoms with Crippen LogP contribution in [0, 0.1) is 11.6 Å². The van der Waals surface area contributed by atoms with Crippen LogP contribution in [0.15, 0.2) is 35.6 Å². The van der Waals surface area contributed by atoms with E-state index in [9.17, 15) is 26.3 Å². The number of aromatic amines is 1. The van der Waals surface area contributed by atoms with E-state index >= 15 is 0 Å². The van der Waals surface area contributed by atoms with Crippen LogP contribution in [-0.2, 0) is 10.9 Å². The number of hydrogen-bond donors (Lipinski definition) is 3. The van der Waals surface area contributed by atoms with Gasteiger partial charge in [0, 0.05) is 30.2 Å². The lowest BCUT2D eigenvalue weighted by Gasteiger charge is -2.26. The molecule has 0 fully saturated rings. The molecule has 1 aliphatic rings. The third-order valence-corrected chi connectivity index (χ3v) is 4.56. The zero-order chi connectivity index (χ0) is 23.1. The molecule has 3 N–H and O–H groups in total. The van der Waals surface area contributed by atoms with E-state index in [4.69, 9.17) is 14.6 Å². The summed E-state index contributed by atoms with van der Waals surface area (Å²) >= 11 is 0. The fourth-order valence-corrected chi connectivity index (χ4v) is 2.97. The predicted octanol–water partition coefficient (Wildman–Crippen LogP) is 4.15. The number of benzene rings is 1. The number of halogens is 6. The third kappa shape index (κ3) is 4.15. The Hall–Kier alpha value is -3.48. The van der Waals surface area contributed by atoms with Crippen molar-refractivity contribution in [3.05, 3.63) is 47.8 Å². The standard InChI is InChI=1S/C19H14F6N4O3/c20-11-3-9(29-17-28-6-18(22,7-30)8-31-17)4-12(21)15(11)32-13-1-2-26-16-14(13)10(5-27-16)19(23,24)25/h1-5,30H,6-8H2,(H,26,27)(H,28,29). The summed E-state index contributed by atoms with van der Waals surface area (Å²) in [7, 11) is 0. The Balaban J connectivity index is 1.61. The van der Waals surface area contributed by atoms with Crippen LogP contribution in [0.1, 0.15) is 5.56 Å². The number of alkyl halides is 4. The van der Waals surface area contributed by atoms with E-state index in [0.29, 0.717) is 6.20 Å². The number of aliphatic hydroxyl groups excluding tert-OH is 1. The van der Waals surface area contributed by atoms with Crippen LogP contribution in [0.25, 0.3) is 11.0 Å². The number of rotatable bonds is 4. The second kappa shape index (κ2) is 7.89. The second-order valence-electron chi connectivity index (χ2n) is 6.95. The minimum Gasteiger partial charge on any atom is -0.461 e. The Kier molecular flexibility index (Phi) is 5.36. The van der Waals surface area contributed by atoms with Gasteiger partial charge in [-0.25, -0.2) is 23.1 Å². The van der Waals surface area contributed by atoms with E-state index < -0.39 is 65.7 Å². The van der Waals surface area contributed by atoms with Gasteiger partial charge in [-0.15, -0.1) is 0 Å². The molecule has 3 aromatic rings. The Bertz CT molecular complexity index is 1170. The molecule has 32 heavy (non-hydrogen) atoms. The molecule has 2 aromatic heterocycles. The van der Waals surface area contributed by atoms with Crippen LogP contribution in [0.5, 0.6) is 11.5 Å². The topological polar surface area (TPSA) is 91.8 Å². The molecule has 0 aliphatic carbocycles. The van der Waals surface area contributed by atoms with Gasteiger partial charge in [0.05, 0.1) is 24.1 Å². The first-order valence-electron chi connectivity index (χ1n) is 9.04. The maximum atomic E-state index is 14.6. The molecule has 13 heteroatoms. The fourth-order valence-electron chi connectivity index (χ4n) is 2.97. The van der Waals surface area contributed by atoms with Crippen LogP contribution >= 0.6 is 0 Å². The Morgan fingerprint density at radius 2 is 1.97 bits per heavy atom. The molecule has 3 heterocycles. The number of hydrogen-bond acceptors (Lipinski definition) is 6. The monoisotopic (exact) mass is 460 g/mol.